The van der Waals surface area contributed by atoms with Crippen LogP contribution in [0.4, 0.5) is 13.2 Å². The average molecular weight is 458 g/mol. The standard InChI is InChI=1S/C20H21F3N2O5S/c1-29-16-3-2-4-17(18(16)19(26)24-27)31(28)25-11-9-15(10-12-25)30-14-7-5-13(6-8-14)20(21,22)23/h2-8,15,27H,9-12H2,1H3,(H,24,26). The maximum absolute atomic E-state index is 13.1. The molecule has 0 saturated carbocycles. The van der Waals surface area contributed by atoms with Crippen molar-refractivity contribution in [2.45, 2.75) is 30.0 Å². The van der Waals surface area contributed by atoms with Crippen molar-refractivity contribution in [3.63, 3.8) is 0 Å². The number of amides is 1. The Morgan fingerprint density at radius 2 is 1.81 bits per heavy atom. The highest BCUT2D eigenvalue weighted by molar-refractivity contribution is 7.82. The molecule has 168 valence electrons. The van der Waals surface area contributed by atoms with Crippen LogP contribution >= 0.6 is 0 Å². The van der Waals surface area contributed by atoms with Gasteiger partial charge in [-0.1, -0.05) is 6.07 Å². The molecule has 0 bridgehead atoms. The molecule has 1 amide bonds. The smallest absolute Gasteiger partial charge is 0.416 e. The van der Waals surface area contributed by atoms with E-state index in [2.05, 4.69) is 0 Å². The first kappa shape index (κ1) is 23.0. The van der Waals surface area contributed by atoms with Crippen LogP contribution in [0.1, 0.15) is 28.8 Å². The quantitative estimate of drug-likeness (QED) is 0.512. The van der Waals surface area contributed by atoms with Crippen LogP contribution in [0, 0.1) is 0 Å². The summed E-state index contributed by atoms with van der Waals surface area (Å²) >= 11 is 0. The van der Waals surface area contributed by atoms with Gasteiger partial charge in [0.15, 0.2) is 0 Å². The van der Waals surface area contributed by atoms with E-state index in [1.165, 1.54) is 36.9 Å². The number of hydrogen-bond acceptors (Lipinski definition) is 5. The Hall–Kier alpha value is -2.63. The molecule has 1 heterocycles. The number of alkyl halides is 3. The van der Waals surface area contributed by atoms with Gasteiger partial charge in [-0.05, 0) is 49.2 Å². The zero-order chi connectivity index (χ0) is 22.6. The van der Waals surface area contributed by atoms with E-state index in [9.17, 15) is 22.2 Å². The molecular weight excluding hydrogens is 437 g/mol. The molecule has 0 aromatic heterocycles. The van der Waals surface area contributed by atoms with Gasteiger partial charge in [0.25, 0.3) is 5.91 Å². The van der Waals surface area contributed by atoms with Gasteiger partial charge in [0.05, 0.1) is 17.6 Å². The van der Waals surface area contributed by atoms with Crippen molar-refractivity contribution < 1.29 is 36.9 Å². The van der Waals surface area contributed by atoms with Crippen LogP contribution in [-0.4, -0.2) is 45.9 Å². The fourth-order valence-corrected chi connectivity index (χ4v) is 4.66. The third-order valence-electron chi connectivity index (χ3n) is 4.84. The summed E-state index contributed by atoms with van der Waals surface area (Å²) in [6, 6.07) is 9.14. The van der Waals surface area contributed by atoms with Gasteiger partial charge in [-0.3, -0.25) is 10.0 Å². The normalized spacial score (nSPS) is 16.5. The monoisotopic (exact) mass is 458 g/mol. The number of benzene rings is 2. The first-order valence-corrected chi connectivity index (χ1v) is 10.5. The first-order chi connectivity index (χ1) is 14.7. The second-order valence-electron chi connectivity index (χ2n) is 6.79. The van der Waals surface area contributed by atoms with E-state index in [4.69, 9.17) is 14.7 Å². The summed E-state index contributed by atoms with van der Waals surface area (Å²) in [5.41, 5.74) is 0.776. The highest BCUT2D eigenvalue weighted by atomic mass is 32.2. The molecule has 2 aromatic carbocycles. The van der Waals surface area contributed by atoms with Gasteiger partial charge in [0.2, 0.25) is 0 Å². The Kier molecular flexibility index (Phi) is 7.19. The topological polar surface area (TPSA) is 88.1 Å². The molecule has 0 radical (unpaired) electrons. The molecule has 0 aliphatic carbocycles. The highest BCUT2D eigenvalue weighted by Gasteiger charge is 2.31. The first-order valence-electron chi connectivity index (χ1n) is 9.36. The van der Waals surface area contributed by atoms with Crippen LogP contribution in [0.2, 0.25) is 0 Å². The summed E-state index contributed by atoms with van der Waals surface area (Å²) in [6.45, 7) is 0.768. The number of hydroxylamine groups is 1. The SMILES string of the molecule is COc1cccc(S(=O)N2CCC(Oc3ccc(C(F)(F)F)cc3)CC2)c1C(=O)NO. The van der Waals surface area contributed by atoms with Gasteiger partial charge < -0.3 is 9.47 Å². The number of nitrogens with zero attached hydrogens (tertiary/aromatic N) is 1. The van der Waals surface area contributed by atoms with Gasteiger partial charge in [0, 0.05) is 13.1 Å². The molecule has 0 spiro atoms. The van der Waals surface area contributed by atoms with Gasteiger partial charge in [0.1, 0.15) is 34.2 Å². The van der Waals surface area contributed by atoms with Gasteiger partial charge in [-0.15, -0.1) is 0 Å². The van der Waals surface area contributed by atoms with Crippen LogP contribution in [-0.2, 0) is 17.2 Å². The molecule has 1 aliphatic rings. The summed E-state index contributed by atoms with van der Waals surface area (Å²) in [5, 5.41) is 9.01. The number of piperidine rings is 1. The molecule has 1 fully saturated rings. The van der Waals surface area contributed by atoms with Crippen LogP contribution in [0.25, 0.3) is 0 Å². The molecule has 1 saturated heterocycles. The fourth-order valence-electron chi connectivity index (χ4n) is 3.28. The number of halogens is 3. The van der Waals surface area contributed by atoms with E-state index in [-0.39, 0.29) is 22.3 Å². The summed E-state index contributed by atoms with van der Waals surface area (Å²) in [4.78, 5) is 12.3. The van der Waals surface area contributed by atoms with E-state index in [0.29, 0.717) is 31.7 Å². The number of hydrogen-bond donors (Lipinski definition) is 2. The molecule has 1 unspecified atom stereocenters. The Morgan fingerprint density at radius 3 is 2.35 bits per heavy atom. The maximum Gasteiger partial charge on any atom is 0.416 e. The zero-order valence-electron chi connectivity index (χ0n) is 16.5. The van der Waals surface area contributed by atoms with Crippen LogP contribution in [0.3, 0.4) is 0 Å². The predicted octanol–water partition coefficient (Wildman–Crippen LogP) is 3.40. The van der Waals surface area contributed by atoms with Crippen molar-refractivity contribution in [2.24, 2.45) is 0 Å². The molecule has 1 aliphatic heterocycles. The van der Waals surface area contributed by atoms with Crippen LogP contribution < -0.4 is 15.0 Å². The summed E-state index contributed by atoms with van der Waals surface area (Å²) in [7, 11) is -0.328. The highest BCUT2D eigenvalue weighted by Crippen LogP contribution is 2.31. The predicted molar refractivity (Wildman–Crippen MR) is 105 cm³/mol. The van der Waals surface area contributed by atoms with Gasteiger partial charge >= 0.3 is 6.18 Å². The van der Waals surface area contributed by atoms with Crippen molar-refractivity contribution in [3.05, 3.63) is 53.6 Å². The van der Waals surface area contributed by atoms with E-state index in [1.807, 2.05) is 0 Å². The minimum absolute atomic E-state index is 0.0195. The number of ether oxygens (including phenoxy) is 2. The second kappa shape index (κ2) is 9.67. The molecule has 1 atom stereocenters. The molecule has 31 heavy (non-hydrogen) atoms. The lowest BCUT2D eigenvalue weighted by Crippen LogP contribution is -2.39. The molecular formula is C20H21F3N2O5S. The second-order valence-corrected chi connectivity index (χ2v) is 8.25. The van der Waals surface area contributed by atoms with Crippen molar-refractivity contribution in [1.29, 1.82) is 0 Å². The Balaban J connectivity index is 1.65. The molecule has 3 rings (SSSR count). The van der Waals surface area contributed by atoms with Crippen molar-refractivity contribution >= 4 is 16.9 Å². The number of methoxy groups -OCH3 is 1. The van der Waals surface area contributed by atoms with E-state index < -0.39 is 28.6 Å². The molecule has 2 aromatic rings. The molecule has 7 nitrogen and oxygen atoms in total. The maximum atomic E-state index is 13.1. The average Bonchev–Trinajstić information content (AvgIpc) is 2.77. The number of nitrogens with one attached hydrogen (secondary N) is 1. The zero-order valence-corrected chi connectivity index (χ0v) is 17.3. The summed E-state index contributed by atoms with van der Waals surface area (Å²) in [5.74, 6) is -0.318. The van der Waals surface area contributed by atoms with Crippen molar-refractivity contribution in [1.82, 2.24) is 9.79 Å². The number of rotatable bonds is 6. The summed E-state index contributed by atoms with van der Waals surface area (Å²) in [6.07, 6.45) is -3.65. The van der Waals surface area contributed by atoms with Crippen LogP contribution in [0.15, 0.2) is 47.4 Å². The Labute approximate surface area is 179 Å². The number of carbonyl (C=O) groups is 1. The van der Waals surface area contributed by atoms with E-state index >= 15 is 0 Å². The van der Waals surface area contributed by atoms with Crippen molar-refractivity contribution in [2.75, 3.05) is 20.2 Å². The van der Waals surface area contributed by atoms with Gasteiger partial charge in [-0.25, -0.2) is 14.0 Å². The lowest BCUT2D eigenvalue weighted by atomic mass is 10.1. The third-order valence-corrected chi connectivity index (χ3v) is 6.40. The third kappa shape index (κ3) is 5.35. The largest absolute Gasteiger partial charge is 0.496 e. The van der Waals surface area contributed by atoms with Crippen molar-refractivity contribution in [3.8, 4) is 11.5 Å². The van der Waals surface area contributed by atoms with E-state index in [0.717, 1.165) is 12.1 Å². The van der Waals surface area contributed by atoms with Crippen LogP contribution in [0.5, 0.6) is 11.5 Å². The minimum atomic E-state index is -4.40. The molecule has 11 heteroatoms. The fraction of sp³-hybridized carbons (Fsp3) is 0.350. The lowest BCUT2D eigenvalue weighted by Gasteiger charge is -2.31. The van der Waals surface area contributed by atoms with Gasteiger partial charge in [-0.2, -0.15) is 13.2 Å². The van der Waals surface area contributed by atoms with E-state index in [1.54, 1.807) is 10.4 Å². The number of carbonyl (C=O) groups excluding carboxylic acids is 1. The summed E-state index contributed by atoms with van der Waals surface area (Å²) < 4.78 is 63.6. The Morgan fingerprint density at radius 1 is 1.16 bits per heavy atom. The minimum Gasteiger partial charge on any atom is -0.496 e. The Bertz CT molecular complexity index is 945. The molecule has 2 N–H and O–H groups in total. The lowest BCUT2D eigenvalue weighted by molar-refractivity contribution is -0.137.